The van der Waals surface area contributed by atoms with E-state index in [1.54, 1.807) is 0 Å². The molecule has 0 saturated heterocycles. The van der Waals surface area contributed by atoms with Crippen LogP contribution in [0.3, 0.4) is 0 Å². The molecule has 0 atom stereocenters. The highest BCUT2D eigenvalue weighted by Crippen LogP contribution is 2.16. The van der Waals surface area contributed by atoms with E-state index < -0.39 is 0 Å². The Hall–Kier alpha value is -2.54. The summed E-state index contributed by atoms with van der Waals surface area (Å²) in [5.74, 6) is 1.56. The summed E-state index contributed by atoms with van der Waals surface area (Å²) in [5.41, 5.74) is 3.28. The number of benzene rings is 1. The van der Waals surface area contributed by atoms with Gasteiger partial charge >= 0.3 is 0 Å². The number of aryl methyl sites for hydroxylation is 1. The topological polar surface area (TPSA) is 86.4 Å². The SMILES string of the molecule is Cc1ncc(CN(C)Cc2cccc(-c3nn[nH]n3)c2)[nH]1. The molecule has 0 aliphatic rings. The van der Waals surface area contributed by atoms with Crippen LogP contribution in [-0.4, -0.2) is 42.5 Å². The number of hydrogen-bond donors (Lipinski definition) is 2. The second-order valence-electron chi connectivity index (χ2n) is 5.10. The Morgan fingerprint density at radius 2 is 2.14 bits per heavy atom. The molecule has 7 nitrogen and oxygen atoms in total. The zero-order chi connectivity index (χ0) is 14.7. The van der Waals surface area contributed by atoms with E-state index in [9.17, 15) is 0 Å². The first-order valence-electron chi connectivity index (χ1n) is 6.72. The van der Waals surface area contributed by atoms with Gasteiger partial charge in [0, 0.05) is 30.5 Å². The molecule has 0 bridgehead atoms. The summed E-state index contributed by atoms with van der Waals surface area (Å²) >= 11 is 0. The molecule has 2 aromatic heterocycles. The largest absolute Gasteiger partial charge is 0.345 e. The maximum atomic E-state index is 4.22. The summed E-state index contributed by atoms with van der Waals surface area (Å²) in [6, 6.07) is 8.17. The molecule has 3 rings (SSSR count). The molecule has 21 heavy (non-hydrogen) atoms. The van der Waals surface area contributed by atoms with E-state index in [0.717, 1.165) is 30.2 Å². The maximum Gasteiger partial charge on any atom is 0.204 e. The molecular formula is C14H17N7. The van der Waals surface area contributed by atoms with E-state index >= 15 is 0 Å². The molecule has 0 unspecified atom stereocenters. The normalized spacial score (nSPS) is 11.2. The zero-order valence-electron chi connectivity index (χ0n) is 12.0. The molecule has 7 heteroatoms. The molecule has 3 aromatic rings. The molecule has 0 saturated carbocycles. The molecule has 0 aliphatic heterocycles. The van der Waals surface area contributed by atoms with E-state index in [1.165, 1.54) is 5.56 Å². The predicted molar refractivity (Wildman–Crippen MR) is 78.1 cm³/mol. The quantitative estimate of drug-likeness (QED) is 0.741. The highest BCUT2D eigenvalue weighted by Gasteiger charge is 2.07. The molecule has 0 aliphatic carbocycles. The van der Waals surface area contributed by atoms with Gasteiger partial charge in [0.25, 0.3) is 0 Å². The second-order valence-corrected chi connectivity index (χ2v) is 5.10. The van der Waals surface area contributed by atoms with Gasteiger partial charge < -0.3 is 4.98 Å². The number of rotatable bonds is 5. The van der Waals surface area contributed by atoms with Gasteiger partial charge in [-0.2, -0.15) is 5.21 Å². The van der Waals surface area contributed by atoms with Crippen LogP contribution in [0.2, 0.25) is 0 Å². The lowest BCUT2D eigenvalue weighted by Gasteiger charge is -2.15. The lowest BCUT2D eigenvalue weighted by Crippen LogP contribution is -2.17. The van der Waals surface area contributed by atoms with Crippen molar-refractivity contribution < 1.29 is 0 Å². The number of H-pyrrole nitrogens is 2. The van der Waals surface area contributed by atoms with Gasteiger partial charge in [0.2, 0.25) is 5.82 Å². The summed E-state index contributed by atoms with van der Waals surface area (Å²) in [7, 11) is 2.08. The highest BCUT2D eigenvalue weighted by atomic mass is 15.5. The maximum absolute atomic E-state index is 4.22. The van der Waals surface area contributed by atoms with Gasteiger partial charge in [-0.3, -0.25) is 4.90 Å². The van der Waals surface area contributed by atoms with Gasteiger partial charge in [-0.25, -0.2) is 4.98 Å². The average Bonchev–Trinajstić information content (AvgIpc) is 3.11. The van der Waals surface area contributed by atoms with Gasteiger partial charge in [-0.05, 0) is 30.8 Å². The van der Waals surface area contributed by atoms with Crippen molar-refractivity contribution in [1.29, 1.82) is 0 Å². The standard InChI is InChI=1S/C14H17N7/c1-10-15-7-13(16-10)9-21(2)8-11-4-3-5-12(6-11)14-17-19-20-18-14/h3-7H,8-9H2,1-2H3,(H,15,16)(H,17,18,19,20). The van der Waals surface area contributed by atoms with Gasteiger partial charge in [0.15, 0.2) is 0 Å². The van der Waals surface area contributed by atoms with Crippen molar-refractivity contribution >= 4 is 0 Å². The Balaban J connectivity index is 1.68. The third-order valence-electron chi connectivity index (χ3n) is 3.18. The fourth-order valence-electron chi connectivity index (χ4n) is 2.30. The van der Waals surface area contributed by atoms with E-state index in [-0.39, 0.29) is 0 Å². The molecule has 1 aromatic carbocycles. The Bertz CT molecular complexity index is 702. The highest BCUT2D eigenvalue weighted by molar-refractivity contribution is 5.54. The van der Waals surface area contributed by atoms with Crippen LogP contribution >= 0.6 is 0 Å². The number of tetrazole rings is 1. The van der Waals surface area contributed by atoms with Crippen LogP contribution in [0.5, 0.6) is 0 Å². The first-order chi connectivity index (χ1) is 10.2. The monoisotopic (exact) mass is 283 g/mol. The average molecular weight is 283 g/mol. The summed E-state index contributed by atoms with van der Waals surface area (Å²) < 4.78 is 0. The molecule has 108 valence electrons. The van der Waals surface area contributed by atoms with Crippen LogP contribution in [0.15, 0.2) is 30.5 Å². The number of nitrogens with zero attached hydrogens (tertiary/aromatic N) is 5. The van der Waals surface area contributed by atoms with Crippen LogP contribution in [0.4, 0.5) is 0 Å². The van der Waals surface area contributed by atoms with E-state index in [2.05, 4.69) is 54.7 Å². The minimum absolute atomic E-state index is 0.615. The molecule has 2 N–H and O–H groups in total. The summed E-state index contributed by atoms with van der Waals surface area (Å²) in [4.78, 5) is 9.68. The van der Waals surface area contributed by atoms with Crippen LogP contribution in [0.25, 0.3) is 11.4 Å². The second kappa shape index (κ2) is 5.84. The Morgan fingerprint density at radius 3 is 2.86 bits per heavy atom. The van der Waals surface area contributed by atoms with Crippen molar-refractivity contribution in [2.45, 2.75) is 20.0 Å². The van der Waals surface area contributed by atoms with Crippen molar-refractivity contribution in [2.75, 3.05) is 7.05 Å². The Morgan fingerprint density at radius 1 is 1.24 bits per heavy atom. The first-order valence-corrected chi connectivity index (χ1v) is 6.72. The fourth-order valence-corrected chi connectivity index (χ4v) is 2.30. The van der Waals surface area contributed by atoms with Gasteiger partial charge in [0.1, 0.15) is 5.82 Å². The van der Waals surface area contributed by atoms with Crippen molar-refractivity contribution in [1.82, 2.24) is 35.5 Å². The number of aromatic nitrogens is 6. The number of imidazole rings is 1. The van der Waals surface area contributed by atoms with Crippen LogP contribution in [0.1, 0.15) is 17.1 Å². The molecule has 0 amide bonds. The van der Waals surface area contributed by atoms with Gasteiger partial charge in [-0.1, -0.05) is 18.2 Å². The third-order valence-corrected chi connectivity index (χ3v) is 3.18. The zero-order valence-corrected chi connectivity index (χ0v) is 12.0. The summed E-state index contributed by atoms with van der Waals surface area (Å²) in [6.45, 7) is 3.62. The van der Waals surface area contributed by atoms with Gasteiger partial charge in [0.05, 0.1) is 0 Å². The van der Waals surface area contributed by atoms with Crippen LogP contribution in [-0.2, 0) is 13.1 Å². The minimum atomic E-state index is 0.615. The van der Waals surface area contributed by atoms with Crippen molar-refractivity contribution in [3.8, 4) is 11.4 Å². The van der Waals surface area contributed by atoms with E-state index in [1.807, 2.05) is 25.3 Å². The Kier molecular flexibility index (Phi) is 3.74. The number of hydrogen-bond acceptors (Lipinski definition) is 5. The van der Waals surface area contributed by atoms with Crippen molar-refractivity contribution in [3.05, 3.63) is 47.5 Å². The first kappa shape index (κ1) is 13.4. The van der Waals surface area contributed by atoms with Crippen molar-refractivity contribution in [2.24, 2.45) is 0 Å². The smallest absolute Gasteiger partial charge is 0.204 e. The minimum Gasteiger partial charge on any atom is -0.345 e. The summed E-state index contributed by atoms with van der Waals surface area (Å²) in [5, 5.41) is 14.1. The summed E-state index contributed by atoms with van der Waals surface area (Å²) in [6.07, 6.45) is 1.88. The fraction of sp³-hybridized carbons (Fsp3) is 0.286. The number of aromatic amines is 2. The Labute approximate surface area is 122 Å². The molecule has 0 radical (unpaired) electrons. The molecule has 0 spiro atoms. The van der Waals surface area contributed by atoms with Crippen LogP contribution in [0, 0.1) is 6.92 Å². The molecule has 2 heterocycles. The number of nitrogens with one attached hydrogen (secondary N) is 2. The van der Waals surface area contributed by atoms with Crippen LogP contribution < -0.4 is 0 Å². The van der Waals surface area contributed by atoms with Gasteiger partial charge in [-0.15, -0.1) is 10.2 Å². The molecule has 0 fully saturated rings. The molecular weight excluding hydrogens is 266 g/mol. The van der Waals surface area contributed by atoms with E-state index in [0.29, 0.717) is 5.82 Å². The van der Waals surface area contributed by atoms with E-state index in [4.69, 9.17) is 0 Å². The third kappa shape index (κ3) is 3.32. The lowest BCUT2D eigenvalue weighted by atomic mass is 10.1. The van der Waals surface area contributed by atoms with Crippen molar-refractivity contribution in [3.63, 3.8) is 0 Å². The lowest BCUT2D eigenvalue weighted by molar-refractivity contribution is 0.315. The predicted octanol–water partition coefficient (Wildman–Crippen LogP) is 1.53.